The van der Waals surface area contributed by atoms with Crippen molar-refractivity contribution in [3.63, 3.8) is 0 Å². The van der Waals surface area contributed by atoms with Gasteiger partial charge in [0.05, 0.1) is 57.9 Å². The van der Waals surface area contributed by atoms with Gasteiger partial charge in [-0.05, 0) is 74.5 Å². The molecular weight excluding hydrogens is 1040 g/mol. The summed E-state index contributed by atoms with van der Waals surface area (Å²) in [4.78, 5) is 92.0. The molecule has 2 fully saturated rings. The number of aryl methyl sites for hydroxylation is 1. The fraction of sp³-hybridized carbons (Fsp3) is 0.446. The summed E-state index contributed by atoms with van der Waals surface area (Å²) >= 11 is 1.54. The lowest BCUT2D eigenvalue weighted by Gasteiger charge is -2.44. The molecule has 7 rings (SSSR count). The summed E-state index contributed by atoms with van der Waals surface area (Å²) in [5, 5.41) is 18.8. The van der Waals surface area contributed by atoms with E-state index in [0.717, 1.165) is 27.8 Å². The summed E-state index contributed by atoms with van der Waals surface area (Å²) in [7, 11) is 1.98. The van der Waals surface area contributed by atoms with Gasteiger partial charge in [0.2, 0.25) is 23.3 Å². The Balaban J connectivity index is 0.873. The Bertz CT molecular complexity index is 3020. The number of Topliss-reactive ketones (excluding diaryl/α,β-unsaturated/α-hetero) is 1. The van der Waals surface area contributed by atoms with Crippen molar-refractivity contribution >= 4 is 52.1 Å². The van der Waals surface area contributed by atoms with Crippen molar-refractivity contribution in [1.82, 2.24) is 30.4 Å². The number of thiazole rings is 1. The highest BCUT2D eigenvalue weighted by atomic mass is 32.1. The summed E-state index contributed by atoms with van der Waals surface area (Å²) in [5.41, 5.74) is 1.64. The number of hydrogen-bond donors (Lipinski definition) is 5. The number of aromatic nitrogens is 2. The molecule has 0 bridgehead atoms. The SMILES string of the molecule is Cc1ncsc1-c1ccc(CNC(=O)[C@@H]2C[C@@H](O)CN2C(=O)[C@@H](NC(=O)COCCOCCCC(=O)c2ccc(-c3ccc(N4C[C@@H](C)N(C)[C@@H](C)C4)c(NC(=O)c4c[nH]c(=O)cc4C(F)(F)F)c3)c(F)c2)C(C)(C)C)cc1. The molecule has 3 aromatic carbocycles. The van der Waals surface area contributed by atoms with Crippen LogP contribution < -0.4 is 26.4 Å². The van der Waals surface area contributed by atoms with Crippen LogP contribution in [0.1, 0.15) is 91.4 Å². The zero-order chi connectivity index (χ0) is 56.6. The number of carbonyl (C=O) groups is 5. The average molecular weight is 1100 g/mol. The van der Waals surface area contributed by atoms with Gasteiger partial charge in [0.1, 0.15) is 24.5 Å². The quantitative estimate of drug-likeness (QED) is 0.0297. The van der Waals surface area contributed by atoms with Gasteiger partial charge in [-0.3, -0.25) is 33.7 Å². The smallest absolute Gasteiger partial charge is 0.391 e. The van der Waals surface area contributed by atoms with E-state index in [-0.39, 0.29) is 92.4 Å². The van der Waals surface area contributed by atoms with Gasteiger partial charge in [-0.2, -0.15) is 13.2 Å². The number of anilines is 2. The second-order valence-corrected chi connectivity index (χ2v) is 21.8. The molecule has 17 nitrogen and oxygen atoms in total. The maximum absolute atomic E-state index is 15.9. The van der Waals surface area contributed by atoms with Crippen LogP contribution in [0.2, 0.25) is 0 Å². The number of H-pyrrole nitrogens is 1. The van der Waals surface area contributed by atoms with Crippen molar-refractivity contribution < 1.29 is 56.1 Å². The van der Waals surface area contributed by atoms with Crippen LogP contribution in [0.25, 0.3) is 21.6 Å². The summed E-state index contributed by atoms with van der Waals surface area (Å²) in [5.74, 6) is -3.75. The fourth-order valence-electron chi connectivity index (χ4n) is 9.53. The van der Waals surface area contributed by atoms with Crippen LogP contribution in [0.15, 0.2) is 83.2 Å². The first kappa shape index (κ1) is 58.8. The Morgan fingerprint density at radius 1 is 0.910 bits per heavy atom. The molecule has 4 heterocycles. The Kier molecular flexibility index (Phi) is 19.1. The number of pyridine rings is 1. The predicted octanol–water partition coefficient (Wildman–Crippen LogP) is 7.22. The number of β-amino-alcohol motifs (C(OH)–C–C–N with tert-alkyl or cyclic N) is 1. The predicted molar refractivity (Wildman–Crippen MR) is 288 cm³/mol. The topological polar surface area (TPSA) is 216 Å². The number of hydrogen-bond acceptors (Lipinski definition) is 13. The van der Waals surface area contributed by atoms with Crippen LogP contribution in [0.5, 0.6) is 0 Å². The largest absolute Gasteiger partial charge is 0.417 e. The number of nitrogens with one attached hydrogen (secondary N) is 4. The van der Waals surface area contributed by atoms with Crippen LogP contribution in [0.4, 0.5) is 28.9 Å². The third-order valence-electron chi connectivity index (χ3n) is 14.0. The van der Waals surface area contributed by atoms with E-state index in [1.807, 2.05) is 57.0 Å². The summed E-state index contributed by atoms with van der Waals surface area (Å²) < 4.78 is 68.9. The molecule has 2 saturated heterocycles. The number of carbonyl (C=O) groups excluding carboxylic acids is 5. The highest BCUT2D eigenvalue weighted by Crippen LogP contribution is 2.37. The lowest BCUT2D eigenvalue weighted by Crippen LogP contribution is -2.58. The molecule has 0 radical (unpaired) electrons. The molecule has 5 atom stereocenters. The van der Waals surface area contributed by atoms with E-state index in [2.05, 4.69) is 30.8 Å². The van der Waals surface area contributed by atoms with Gasteiger partial charge in [-0.15, -0.1) is 11.3 Å². The highest BCUT2D eigenvalue weighted by Gasteiger charge is 2.44. The van der Waals surface area contributed by atoms with Gasteiger partial charge in [-0.1, -0.05) is 63.2 Å². The van der Waals surface area contributed by atoms with Gasteiger partial charge >= 0.3 is 6.18 Å². The molecular formula is C56H66F4N8O9S. The number of piperazine rings is 1. The number of likely N-dealkylation sites (N-methyl/N-ethyl adjacent to an activating group) is 1. The van der Waals surface area contributed by atoms with Gasteiger partial charge in [0.25, 0.3) is 5.91 Å². The Labute approximate surface area is 453 Å². The van der Waals surface area contributed by atoms with E-state index in [1.165, 1.54) is 23.1 Å². The zero-order valence-corrected chi connectivity index (χ0v) is 45.4. The number of halogens is 4. The number of alkyl halides is 3. The fourth-order valence-corrected chi connectivity index (χ4v) is 10.3. The van der Waals surface area contributed by atoms with E-state index >= 15 is 4.39 Å². The number of ether oxygens (including phenoxy) is 2. The highest BCUT2D eigenvalue weighted by molar-refractivity contribution is 7.13. The van der Waals surface area contributed by atoms with Gasteiger partial charge < -0.3 is 45.3 Å². The van der Waals surface area contributed by atoms with Crippen LogP contribution in [-0.2, 0) is 36.6 Å². The number of aliphatic hydroxyl groups excluding tert-OH is 1. The number of aliphatic hydroxyl groups is 1. The molecule has 0 saturated carbocycles. The van der Waals surface area contributed by atoms with E-state index < -0.39 is 82.5 Å². The lowest BCUT2D eigenvalue weighted by molar-refractivity contribution is -0.144. The molecule has 5 N–H and O–H groups in total. The molecule has 418 valence electrons. The van der Waals surface area contributed by atoms with Crippen molar-refractivity contribution in [1.29, 1.82) is 0 Å². The van der Waals surface area contributed by atoms with Crippen LogP contribution >= 0.6 is 11.3 Å². The Morgan fingerprint density at radius 3 is 2.26 bits per heavy atom. The maximum Gasteiger partial charge on any atom is 0.417 e. The monoisotopic (exact) mass is 1100 g/mol. The minimum atomic E-state index is -5.00. The minimum Gasteiger partial charge on any atom is -0.391 e. The number of nitrogens with zero attached hydrogens (tertiary/aromatic N) is 4. The molecule has 2 aliphatic rings. The Hall–Kier alpha value is -6.85. The maximum atomic E-state index is 15.9. The van der Waals surface area contributed by atoms with Crippen molar-refractivity contribution in [3.8, 4) is 21.6 Å². The third kappa shape index (κ3) is 14.6. The Morgan fingerprint density at radius 2 is 1.60 bits per heavy atom. The third-order valence-corrected chi connectivity index (χ3v) is 15.0. The molecule has 22 heteroatoms. The van der Waals surface area contributed by atoms with Crippen LogP contribution in [-0.4, -0.2) is 138 Å². The first-order valence-corrected chi connectivity index (χ1v) is 26.5. The molecule has 0 spiro atoms. The molecule has 2 aromatic heterocycles. The zero-order valence-electron chi connectivity index (χ0n) is 44.6. The van der Waals surface area contributed by atoms with Gasteiger partial charge in [0, 0.05) is 81.1 Å². The molecule has 2 aliphatic heterocycles. The van der Waals surface area contributed by atoms with E-state index in [4.69, 9.17) is 9.47 Å². The minimum absolute atomic E-state index is 0.0120. The van der Waals surface area contributed by atoms with Crippen molar-refractivity contribution in [2.75, 3.05) is 63.3 Å². The number of likely N-dealkylation sites (tertiary alicyclic amines) is 1. The van der Waals surface area contributed by atoms with Crippen molar-refractivity contribution in [2.45, 2.75) is 104 Å². The first-order chi connectivity index (χ1) is 36.9. The molecule has 0 unspecified atom stereocenters. The molecule has 5 aromatic rings. The summed E-state index contributed by atoms with van der Waals surface area (Å²) in [6.45, 7) is 12.3. The first-order valence-electron chi connectivity index (χ1n) is 25.6. The second kappa shape index (κ2) is 25.3. The number of aromatic amines is 1. The average Bonchev–Trinajstić information content (AvgIpc) is 4.04. The van der Waals surface area contributed by atoms with Crippen LogP contribution in [0.3, 0.4) is 0 Å². The summed E-state index contributed by atoms with van der Waals surface area (Å²) in [6.07, 6.45) is -4.89. The van der Waals surface area contributed by atoms with E-state index in [1.54, 1.807) is 49.8 Å². The lowest BCUT2D eigenvalue weighted by atomic mass is 9.85. The van der Waals surface area contributed by atoms with E-state index in [0.29, 0.717) is 31.0 Å². The normalized spacial score (nSPS) is 18.4. The molecule has 4 amide bonds. The second-order valence-electron chi connectivity index (χ2n) is 20.9. The van der Waals surface area contributed by atoms with Crippen molar-refractivity contribution in [2.24, 2.45) is 5.41 Å². The number of amides is 4. The number of benzene rings is 3. The summed E-state index contributed by atoms with van der Waals surface area (Å²) in [6, 6.07) is 14.9. The van der Waals surface area contributed by atoms with E-state index in [9.17, 15) is 47.0 Å². The van der Waals surface area contributed by atoms with Gasteiger partial charge in [-0.25, -0.2) is 9.37 Å². The van der Waals surface area contributed by atoms with Gasteiger partial charge in [0.15, 0.2) is 5.78 Å². The van der Waals surface area contributed by atoms with Crippen LogP contribution in [0, 0.1) is 18.2 Å². The molecule has 0 aliphatic carbocycles. The standard InChI is InChI=1S/C56H66F4N8O9S/c1-32-27-67(28-33(2)66(32)7)45-17-15-37(22-44(45)64-52(73)41-26-61-48(71)24-42(41)56(58,59)60)40-16-14-38(21-43(40)57)47(70)9-8-18-76-19-20-77-30-49(72)65-51(55(4,5)6)54(75)68-29-39(69)23-46(68)53(74)62-25-35-10-12-36(13-11-35)50-34(3)63-31-78-50/h10-17,21-22,24,26,31-33,39,46,51,69H,8-9,18-20,23,25,27-30H2,1-7H3,(H,61,71)(H,62,74)(H,64,73)(H,65,72)/t32-,33+,39-,46+,51-/m1/s1. The molecule has 78 heavy (non-hydrogen) atoms. The number of rotatable bonds is 20. The number of ketones is 1. The van der Waals surface area contributed by atoms with Crippen molar-refractivity contribution in [3.05, 3.63) is 123 Å².